The molecule has 0 fully saturated rings. The molecule has 0 bridgehead atoms. The average molecular weight is 325 g/mol. The molecular weight excluding hydrogens is 317 g/mol. The molecule has 0 aromatic heterocycles. The number of hydrogen-bond acceptors (Lipinski definition) is 2. The van der Waals surface area contributed by atoms with Crippen LogP contribution in [0.4, 0.5) is 0 Å². The number of aromatic hydroxyl groups is 1. The van der Waals surface area contributed by atoms with Crippen LogP contribution in [0.5, 0.6) is 5.75 Å². The fourth-order valence-corrected chi connectivity index (χ4v) is 2.37. The van der Waals surface area contributed by atoms with Gasteiger partial charge in [0, 0.05) is 21.2 Å². The first-order valence-corrected chi connectivity index (χ1v) is 6.70. The van der Waals surface area contributed by atoms with E-state index in [-0.39, 0.29) is 5.75 Å². The van der Waals surface area contributed by atoms with E-state index in [1.54, 1.807) is 30.3 Å². The second kappa shape index (κ2) is 6.19. The van der Waals surface area contributed by atoms with Crippen molar-refractivity contribution >= 4 is 46.5 Å². The van der Waals surface area contributed by atoms with Gasteiger partial charge < -0.3 is 5.11 Å². The third-order valence-electron chi connectivity index (χ3n) is 2.63. The summed E-state index contributed by atoms with van der Waals surface area (Å²) in [4.78, 5) is 0. The first-order valence-electron chi connectivity index (χ1n) is 5.57. The van der Waals surface area contributed by atoms with Gasteiger partial charge in [-0.15, -0.1) is 0 Å². The Hall–Kier alpha value is -1.66. The minimum Gasteiger partial charge on any atom is -0.507 e. The number of halogens is 3. The Morgan fingerprint density at radius 2 is 1.70 bits per heavy atom. The summed E-state index contributed by atoms with van der Waals surface area (Å²) in [7, 11) is 0. The van der Waals surface area contributed by atoms with E-state index in [1.807, 2.05) is 0 Å². The topological polar surface area (TPSA) is 44.0 Å². The van der Waals surface area contributed by atoms with Crippen molar-refractivity contribution in [1.29, 1.82) is 5.26 Å². The average Bonchev–Trinajstić information content (AvgIpc) is 2.40. The summed E-state index contributed by atoms with van der Waals surface area (Å²) in [5.74, 6) is 0.0345. The number of benzene rings is 2. The molecule has 1 N–H and O–H groups in total. The molecule has 0 heterocycles. The van der Waals surface area contributed by atoms with Gasteiger partial charge in [0.2, 0.25) is 0 Å². The zero-order chi connectivity index (χ0) is 14.7. The van der Waals surface area contributed by atoms with Crippen molar-refractivity contribution < 1.29 is 5.11 Å². The molecule has 0 aliphatic carbocycles. The van der Waals surface area contributed by atoms with Gasteiger partial charge in [0.05, 0.1) is 16.7 Å². The predicted molar refractivity (Wildman–Crippen MR) is 83.1 cm³/mol. The van der Waals surface area contributed by atoms with E-state index in [9.17, 15) is 10.4 Å². The Bertz CT molecular complexity index is 732. The molecule has 0 spiro atoms. The molecule has 0 radical (unpaired) electrons. The number of rotatable bonds is 2. The summed E-state index contributed by atoms with van der Waals surface area (Å²) in [6.07, 6.45) is 1.52. The van der Waals surface area contributed by atoms with E-state index >= 15 is 0 Å². The highest BCUT2D eigenvalue weighted by molar-refractivity contribution is 6.36. The SMILES string of the molecule is N#C/C(=C\c1cc(Cl)ccc1O)c1ccc(Cl)cc1Cl. The van der Waals surface area contributed by atoms with Gasteiger partial charge in [0.25, 0.3) is 0 Å². The second-order valence-electron chi connectivity index (χ2n) is 4.00. The van der Waals surface area contributed by atoms with Crippen LogP contribution in [0.15, 0.2) is 36.4 Å². The highest BCUT2D eigenvalue weighted by atomic mass is 35.5. The number of nitrogens with zero attached hydrogens (tertiary/aromatic N) is 1. The predicted octanol–water partition coefficient (Wildman–Crippen LogP) is 5.42. The van der Waals surface area contributed by atoms with E-state index in [1.165, 1.54) is 12.1 Å². The third-order valence-corrected chi connectivity index (χ3v) is 3.41. The number of hydrogen-bond donors (Lipinski definition) is 1. The maximum Gasteiger partial charge on any atom is 0.122 e. The fourth-order valence-electron chi connectivity index (χ4n) is 1.67. The van der Waals surface area contributed by atoms with Crippen molar-refractivity contribution in [3.8, 4) is 11.8 Å². The lowest BCUT2D eigenvalue weighted by Crippen LogP contribution is -1.85. The van der Waals surface area contributed by atoms with Crippen LogP contribution >= 0.6 is 34.8 Å². The quantitative estimate of drug-likeness (QED) is 0.592. The highest BCUT2D eigenvalue weighted by Gasteiger charge is 2.08. The number of phenols is 1. The fraction of sp³-hybridized carbons (Fsp3) is 0. The van der Waals surface area contributed by atoms with Crippen molar-refractivity contribution in [3.63, 3.8) is 0 Å². The Labute approximate surface area is 131 Å². The summed E-state index contributed by atoms with van der Waals surface area (Å²) in [5, 5.41) is 20.4. The Morgan fingerprint density at radius 3 is 2.35 bits per heavy atom. The zero-order valence-corrected chi connectivity index (χ0v) is 12.3. The van der Waals surface area contributed by atoms with Crippen LogP contribution in [0.2, 0.25) is 15.1 Å². The maximum atomic E-state index is 9.77. The van der Waals surface area contributed by atoms with E-state index in [0.29, 0.717) is 31.8 Å². The molecule has 0 aliphatic rings. The van der Waals surface area contributed by atoms with E-state index in [2.05, 4.69) is 6.07 Å². The molecule has 5 heteroatoms. The molecular formula is C15H8Cl3NO. The van der Waals surface area contributed by atoms with Crippen LogP contribution in [0.3, 0.4) is 0 Å². The molecule has 2 aromatic rings. The zero-order valence-electron chi connectivity index (χ0n) is 10.1. The van der Waals surface area contributed by atoms with Gasteiger partial charge in [-0.25, -0.2) is 0 Å². The highest BCUT2D eigenvalue weighted by Crippen LogP contribution is 2.30. The molecule has 20 heavy (non-hydrogen) atoms. The van der Waals surface area contributed by atoms with Crippen LogP contribution < -0.4 is 0 Å². The van der Waals surface area contributed by atoms with Crippen molar-refractivity contribution in [3.05, 3.63) is 62.6 Å². The van der Waals surface area contributed by atoms with Crippen LogP contribution in [0.25, 0.3) is 11.6 Å². The standard InChI is InChI=1S/C15H8Cl3NO/c16-11-2-4-15(20)9(6-11)5-10(8-19)13-3-1-12(17)7-14(13)18/h1-7,20H/b10-5+. The summed E-state index contributed by atoms with van der Waals surface area (Å²) in [6.45, 7) is 0. The lowest BCUT2D eigenvalue weighted by Gasteiger charge is -2.05. The Balaban J connectivity index is 2.55. The van der Waals surface area contributed by atoms with Crippen LogP contribution in [0, 0.1) is 11.3 Å². The second-order valence-corrected chi connectivity index (χ2v) is 5.28. The molecule has 0 saturated carbocycles. The van der Waals surface area contributed by atoms with E-state index in [4.69, 9.17) is 34.8 Å². The van der Waals surface area contributed by atoms with Gasteiger partial charge in [0.1, 0.15) is 5.75 Å². The molecule has 0 aliphatic heterocycles. The third kappa shape index (κ3) is 3.26. The monoisotopic (exact) mass is 323 g/mol. The molecule has 2 nitrogen and oxygen atoms in total. The number of allylic oxidation sites excluding steroid dienone is 1. The summed E-state index contributed by atoms with van der Waals surface area (Å²) >= 11 is 17.8. The first kappa shape index (κ1) is 14.7. The van der Waals surface area contributed by atoms with Gasteiger partial charge >= 0.3 is 0 Å². The lowest BCUT2D eigenvalue weighted by atomic mass is 10.0. The summed E-state index contributed by atoms with van der Waals surface area (Å²) < 4.78 is 0. The normalized spacial score (nSPS) is 11.2. The smallest absolute Gasteiger partial charge is 0.122 e. The first-order chi connectivity index (χ1) is 9.51. The number of nitriles is 1. The van der Waals surface area contributed by atoms with Crippen molar-refractivity contribution in [2.75, 3.05) is 0 Å². The largest absolute Gasteiger partial charge is 0.507 e. The van der Waals surface area contributed by atoms with E-state index < -0.39 is 0 Å². The minimum absolute atomic E-state index is 0.0345. The van der Waals surface area contributed by atoms with Gasteiger partial charge in [-0.1, -0.05) is 40.9 Å². The van der Waals surface area contributed by atoms with Crippen molar-refractivity contribution in [1.82, 2.24) is 0 Å². The summed E-state index contributed by atoms with van der Waals surface area (Å²) in [5.41, 5.74) is 1.29. The van der Waals surface area contributed by atoms with Crippen LogP contribution in [-0.2, 0) is 0 Å². The molecule has 0 unspecified atom stereocenters. The van der Waals surface area contributed by atoms with E-state index in [0.717, 1.165) is 0 Å². The number of phenolic OH excluding ortho intramolecular Hbond substituents is 1. The molecule has 0 saturated heterocycles. The Morgan fingerprint density at radius 1 is 1.05 bits per heavy atom. The van der Waals surface area contributed by atoms with Gasteiger partial charge in [0.15, 0.2) is 0 Å². The van der Waals surface area contributed by atoms with Gasteiger partial charge in [-0.2, -0.15) is 5.26 Å². The van der Waals surface area contributed by atoms with Crippen LogP contribution in [0.1, 0.15) is 11.1 Å². The molecule has 100 valence electrons. The van der Waals surface area contributed by atoms with Crippen LogP contribution in [-0.4, -0.2) is 5.11 Å². The van der Waals surface area contributed by atoms with Crippen molar-refractivity contribution in [2.24, 2.45) is 0 Å². The van der Waals surface area contributed by atoms with Gasteiger partial charge in [-0.05, 0) is 36.4 Å². The van der Waals surface area contributed by atoms with Gasteiger partial charge in [-0.3, -0.25) is 0 Å². The Kier molecular flexibility index (Phi) is 4.57. The van der Waals surface area contributed by atoms with Crippen molar-refractivity contribution in [2.45, 2.75) is 0 Å². The molecule has 2 rings (SSSR count). The lowest BCUT2D eigenvalue weighted by molar-refractivity contribution is 0.474. The molecule has 0 amide bonds. The maximum absolute atomic E-state index is 9.77. The minimum atomic E-state index is 0.0345. The molecule has 0 atom stereocenters. The molecule has 2 aromatic carbocycles. The summed E-state index contributed by atoms with van der Waals surface area (Å²) in [6, 6.07) is 11.5.